The summed E-state index contributed by atoms with van der Waals surface area (Å²) < 4.78 is 0. The number of hydrogen-bond acceptors (Lipinski definition) is 3. The highest BCUT2D eigenvalue weighted by atomic mass is 16.2. The lowest BCUT2D eigenvalue weighted by Gasteiger charge is -2.29. The molecule has 0 spiro atoms. The molecule has 4 nitrogen and oxygen atoms in total. The molecule has 0 radical (unpaired) electrons. The average Bonchev–Trinajstić information content (AvgIpc) is 2.97. The Bertz CT molecular complexity index is 524. The Hall–Kier alpha value is -1.86. The molecule has 1 saturated heterocycles. The maximum Gasteiger partial charge on any atom is 0.240 e. The van der Waals surface area contributed by atoms with Crippen molar-refractivity contribution in [1.29, 1.82) is 5.26 Å². The molecule has 21 heavy (non-hydrogen) atoms. The van der Waals surface area contributed by atoms with Crippen LogP contribution in [0.1, 0.15) is 56.7 Å². The number of carbonyl (C=O) groups excluding carboxylic acids is 1. The first-order valence-corrected chi connectivity index (χ1v) is 7.67. The first kappa shape index (κ1) is 15.5. The molecule has 1 fully saturated rings. The number of nitriles is 1. The lowest BCUT2D eigenvalue weighted by atomic mass is 9.90. The summed E-state index contributed by atoms with van der Waals surface area (Å²) in [4.78, 5) is 12.6. The second kappa shape index (κ2) is 6.73. The Kier molecular flexibility index (Phi) is 4.98. The van der Waals surface area contributed by atoms with Gasteiger partial charge in [0.1, 0.15) is 0 Å². The van der Waals surface area contributed by atoms with Crippen molar-refractivity contribution in [3.8, 4) is 6.07 Å². The third-order valence-electron chi connectivity index (χ3n) is 4.24. The molecule has 4 heteroatoms. The van der Waals surface area contributed by atoms with Crippen LogP contribution in [0, 0.1) is 11.3 Å². The number of rotatable bonds is 5. The first-order chi connectivity index (χ1) is 10.1. The van der Waals surface area contributed by atoms with E-state index in [-0.39, 0.29) is 11.9 Å². The smallest absolute Gasteiger partial charge is 0.240 e. The van der Waals surface area contributed by atoms with E-state index in [0.29, 0.717) is 5.56 Å². The van der Waals surface area contributed by atoms with Gasteiger partial charge in [-0.2, -0.15) is 5.26 Å². The van der Waals surface area contributed by atoms with Crippen molar-refractivity contribution in [2.75, 3.05) is 6.54 Å². The van der Waals surface area contributed by atoms with E-state index in [2.05, 4.69) is 23.6 Å². The highest BCUT2D eigenvalue weighted by Crippen LogP contribution is 2.26. The highest BCUT2D eigenvalue weighted by Gasteiger charge is 2.40. The molecule has 1 aliphatic heterocycles. The van der Waals surface area contributed by atoms with Crippen molar-refractivity contribution in [1.82, 2.24) is 10.6 Å². The zero-order chi connectivity index (χ0) is 15.3. The molecule has 1 aliphatic rings. The van der Waals surface area contributed by atoms with Gasteiger partial charge in [0, 0.05) is 0 Å². The molecular weight excluding hydrogens is 262 g/mol. The van der Waals surface area contributed by atoms with Crippen molar-refractivity contribution in [3.63, 3.8) is 0 Å². The van der Waals surface area contributed by atoms with Crippen molar-refractivity contribution < 1.29 is 4.79 Å². The molecule has 0 bridgehead atoms. The van der Waals surface area contributed by atoms with Crippen LogP contribution in [0.25, 0.3) is 0 Å². The van der Waals surface area contributed by atoms with Gasteiger partial charge in [-0.25, -0.2) is 0 Å². The zero-order valence-electron chi connectivity index (χ0n) is 12.8. The molecular formula is C17H23N3O. The minimum absolute atomic E-state index is 0.0543. The van der Waals surface area contributed by atoms with Gasteiger partial charge in [0.05, 0.1) is 23.2 Å². The summed E-state index contributed by atoms with van der Waals surface area (Å²) in [6, 6.07) is 9.42. The average molecular weight is 285 g/mol. The molecule has 1 amide bonds. The van der Waals surface area contributed by atoms with Crippen LogP contribution in [0.15, 0.2) is 24.3 Å². The van der Waals surface area contributed by atoms with E-state index in [0.717, 1.165) is 37.8 Å². The number of carbonyl (C=O) groups is 1. The second-order valence-corrected chi connectivity index (χ2v) is 5.79. The van der Waals surface area contributed by atoms with Crippen molar-refractivity contribution in [2.45, 2.75) is 51.1 Å². The third kappa shape index (κ3) is 3.43. The summed E-state index contributed by atoms with van der Waals surface area (Å²) in [6.07, 6.45) is 3.83. The predicted octanol–water partition coefficient (Wildman–Crippen LogP) is 2.66. The first-order valence-electron chi connectivity index (χ1n) is 7.67. The van der Waals surface area contributed by atoms with Crippen molar-refractivity contribution in [2.24, 2.45) is 0 Å². The van der Waals surface area contributed by atoms with Crippen molar-refractivity contribution in [3.05, 3.63) is 35.4 Å². The number of nitrogens with one attached hydrogen (secondary N) is 2. The molecule has 0 aromatic heterocycles. The maximum atomic E-state index is 12.6. The van der Waals surface area contributed by atoms with Crippen LogP contribution in [0.2, 0.25) is 0 Å². The number of amides is 1. The Balaban J connectivity index is 2.05. The summed E-state index contributed by atoms with van der Waals surface area (Å²) in [7, 11) is 0. The second-order valence-electron chi connectivity index (χ2n) is 5.79. The van der Waals surface area contributed by atoms with Crippen LogP contribution in [-0.4, -0.2) is 18.0 Å². The van der Waals surface area contributed by atoms with Crippen LogP contribution in [0.4, 0.5) is 0 Å². The van der Waals surface area contributed by atoms with E-state index in [1.807, 2.05) is 19.1 Å². The van der Waals surface area contributed by atoms with Crippen LogP contribution in [-0.2, 0) is 4.79 Å². The standard InChI is InChI=1S/C17H23N3O/c1-3-9-17(10-4-11-19-17)16(21)20-13(2)15-7-5-14(12-18)6-8-15/h5-8,13,19H,3-4,9-11H2,1-2H3,(H,20,21). The van der Waals surface area contributed by atoms with Gasteiger partial charge in [-0.05, 0) is 50.4 Å². The number of hydrogen-bond donors (Lipinski definition) is 2. The molecule has 2 N–H and O–H groups in total. The van der Waals surface area contributed by atoms with E-state index in [1.165, 1.54) is 0 Å². The summed E-state index contributed by atoms with van der Waals surface area (Å²) >= 11 is 0. The van der Waals surface area contributed by atoms with E-state index >= 15 is 0 Å². The highest BCUT2D eigenvalue weighted by molar-refractivity contribution is 5.87. The van der Waals surface area contributed by atoms with Crippen LogP contribution in [0.3, 0.4) is 0 Å². The Morgan fingerprint density at radius 1 is 1.48 bits per heavy atom. The fraction of sp³-hybridized carbons (Fsp3) is 0.529. The van der Waals surface area contributed by atoms with Crippen LogP contribution in [0.5, 0.6) is 0 Å². The fourth-order valence-electron chi connectivity index (χ4n) is 3.02. The van der Waals surface area contributed by atoms with Crippen molar-refractivity contribution >= 4 is 5.91 Å². The molecule has 0 saturated carbocycles. The third-order valence-corrected chi connectivity index (χ3v) is 4.24. The summed E-state index contributed by atoms with van der Waals surface area (Å²) in [5.74, 6) is 0.0960. The molecule has 1 aromatic carbocycles. The lowest BCUT2D eigenvalue weighted by molar-refractivity contribution is -0.128. The van der Waals surface area contributed by atoms with Gasteiger partial charge in [-0.1, -0.05) is 25.5 Å². The van der Waals surface area contributed by atoms with E-state index in [1.54, 1.807) is 12.1 Å². The summed E-state index contributed by atoms with van der Waals surface area (Å²) in [5.41, 5.74) is 1.26. The zero-order valence-corrected chi connectivity index (χ0v) is 12.8. The van der Waals surface area contributed by atoms with Crippen LogP contribution >= 0.6 is 0 Å². The monoisotopic (exact) mass is 285 g/mol. The lowest BCUT2D eigenvalue weighted by Crippen LogP contribution is -2.53. The molecule has 1 heterocycles. The van der Waals surface area contributed by atoms with E-state index in [9.17, 15) is 4.79 Å². The Labute approximate surface area is 126 Å². The quantitative estimate of drug-likeness (QED) is 0.874. The van der Waals surface area contributed by atoms with Gasteiger partial charge in [0.15, 0.2) is 0 Å². The Morgan fingerprint density at radius 2 is 2.19 bits per heavy atom. The maximum absolute atomic E-state index is 12.6. The molecule has 2 rings (SSSR count). The molecule has 1 aromatic rings. The topological polar surface area (TPSA) is 64.9 Å². The number of nitrogens with zero attached hydrogens (tertiary/aromatic N) is 1. The van der Waals surface area contributed by atoms with Gasteiger partial charge >= 0.3 is 0 Å². The van der Waals surface area contributed by atoms with Gasteiger partial charge in [0.2, 0.25) is 5.91 Å². The molecule has 0 aliphatic carbocycles. The Morgan fingerprint density at radius 3 is 2.71 bits per heavy atom. The molecule has 112 valence electrons. The summed E-state index contributed by atoms with van der Waals surface area (Å²) in [6.45, 7) is 5.01. The SMILES string of the molecule is CCCC1(C(=O)NC(C)c2ccc(C#N)cc2)CCCN1. The summed E-state index contributed by atoms with van der Waals surface area (Å²) in [5, 5.41) is 15.3. The minimum atomic E-state index is -0.393. The fourth-order valence-corrected chi connectivity index (χ4v) is 3.02. The van der Waals surface area contributed by atoms with E-state index < -0.39 is 5.54 Å². The van der Waals surface area contributed by atoms with Gasteiger partial charge in [0.25, 0.3) is 0 Å². The molecule has 2 atom stereocenters. The van der Waals surface area contributed by atoms with Gasteiger partial charge in [-0.3, -0.25) is 4.79 Å². The van der Waals surface area contributed by atoms with Gasteiger partial charge in [-0.15, -0.1) is 0 Å². The van der Waals surface area contributed by atoms with E-state index in [4.69, 9.17) is 5.26 Å². The minimum Gasteiger partial charge on any atom is -0.348 e. The largest absolute Gasteiger partial charge is 0.348 e. The van der Waals surface area contributed by atoms with Crippen LogP contribution < -0.4 is 10.6 Å². The molecule has 2 unspecified atom stereocenters. The van der Waals surface area contributed by atoms with Gasteiger partial charge < -0.3 is 10.6 Å². The normalized spacial score (nSPS) is 22.5. The number of benzene rings is 1. The predicted molar refractivity (Wildman–Crippen MR) is 82.6 cm³/mol.